The Bertz CT molecular complexity index is 1550. The number of ether oxygens (including phenoxy) is 2. The third-order valence-electron chi connectivity index (χ3n) is 6.01. The van der Waals surface area contributed by atoms with Crippen LogP contribution < -0.4 is 9.47 Å². The summed E-state index contributed by atoms with van der Waals surface area (Å²) in [7, 11) is 0. The third-order valence-corrected chi connectivity index (χ3v) is 7.00. The molecule has 188 valence electrons. The van der Waals surface area contributed by atoms with Crippen LogP contribution in [0, 0.1) is 0 Å². The van der Waals surface area contributed by atoms with Crippen molar-refractivity contribution in [3.05, 3.63) is 91.9 Å². The van der Waals surface area contributed by atoms with Gasteiger partial charge in [-0.25, -0.2) is 0 Å². The van der Waals surface area contributed by atoms with Crippen molar-refractivity contribution < 1.29 is 34.7 Å². The highest BCUT2D eigenvalue weighted by Gasteiger charge is 2.25. The second-order valence-electron chi connectivity index (χ2n) is 8.59. The van der Waals surface area contributed by atoms with Crippen LogP contribution in [0.3, 0.4) is 0 Å². The second kappa shape index (κ2) is 9.99. The molecule has 7 nitrogen and oxygen atoms in total. The van der Waals surface area contributed by atoms with E-state index in [0.29, 0.717) is 17.9 Å². The van der Waals surface area contributed by atoms with Gasteiger partial charge in [-0.3, -0.25) is 4.79 Å². The average molecular weight is 628 g/mol. The topological polar surface area (TPSA) is 116 Å². The molecule has 2 aliphatic heterocycles. The minimum Gasteiger partial charge on any atom is -0.508 e. The molecule has 4 aromatic carbocycles. The van der Waals surface area contributed by atoms with E-state index in [1.807, 2.05) is 24.3 Å². The zero-order chi connectivity index (χ0) is 26.3. The van der Waals surface area contributed by atoms with E-state index in [4.69, 9.17) is 9.47 Å². The SMILES string of the molecule is O=C1Cc2ccc(Br)cc2Oc2cc(O)cc(O)c21.Oc1cc(O)c2c(c1)Oc1cc(Br)ccc1CC2. The maximum atomic E-state index is 12.2. The summed E-state index contributed by atoms with van der Waals surface area (Å²) < 4.78 is 13.2. The predicted molar refractivity (Wildman–Crippen MR) is 143 cm³/mol. The number of carbonyl (C=O) groups is 1. The number of carbonyl (C=O) groups excluding carboxylic acids is 1. The summed E-state index contributed by atoms with van der Waals surface area (Å²) in [5, 5.41) is 38.6. The van der Waals surface area contributed by atoms with Gasteiger partial charge in [0.2, 0.25) is 0 Å². The van der Waals surface area contributed by atoms with E-state index in [1.54, 1.807) is 12.1 Å². The summed E-state index contributed by atoms with van der Waals surface area (Å²) >= 11 is 6.74. The lowest BCUT2D eigenvalue weighted by molar-refractivity contribution is 0.0991. The van der Waals surface area contributed by atoms with Gasteiger partial charge >= 0.3 is 0 Å². The van der Waals surface area contributed by atoms with Gasteiger partial charge in [-0.05, 0) is 42.7 Å². The predicted octanol–water partition coefficient (Wildman–Crippen LogP) is 7.14. The molecule has 37 heavy (non-hydrogen) atoms. The molecule has 2 aliphatic rings. The van der Waals surface area contributed by atoms with Crippen LogP contribution in [0.15, 0.2) is 69.6 Å². The first-order chi connectivity index (χ1) is 17.7. The van der Waals surface area contributed by atoms with E-state index < -0.39 is 0 Å². The molecule has 6 rings (SSSR count). The van der Waals surface area contributed by atoms with E-state index in [9.17, 15) is 25.2 Å². The Morgan fingerprint density at radius 3 is 1.89 bits per heavy atom. The van der Waals surface area contributed by atoms with Crippen molar-refractivity contribution in [1.29, 1.82) is 0 Å². The van der Waals surface area contributed by atoms with Crippen LogP contribution in [0.25, 0.3) is 0 Å². The molecular weight excluding hydrogens is 608 g/mol. The number of benzene rings is 4. The maximum Gasteiger partial charge on any atom is 0.174 e. The van der Waals surface area contributed by atoms with Gasteiger partial charge in [0.25, 0.3) is 0 Å². The Morgan fingerprint density at radius 2 is 1.19 bits per heavy atom. The number of aryl methyl sites for hydroxylation is 1. The lowest BCUT2D eigenvalue weighted by atomic mass is 10.0. The highest BCUT2D eigenvalue weighted by atomic mass is 79.9. The van der Waals surface area contributed by atoms with Gasteiger partial charge < -0.3 is 29.9 Å². The highest BCUT2D eigenvalue weighted by Crippen LogP contribution is 2.42. The van der Waals surface area contributed by atoms with Gasteiger partial charge in [0.05, 0.1) is 0 Å². The smallest absolute Gasteiger partial charge is 0.174 e. The Balaban J connectivity index is 0.000000152. The summed E-state index contributed by atoms with van der Waals surface area (Å²) in [5.41, 5.74) is 2.67. The van der Waals surface area contributed by atoms with Crippen molar-refractivity contribution in [2.45, 2.75) is 19.3 Å². The minimum absolute atomic E-state index is 0.00435. The number of phenols is 4. The van der Waals surface area contributed by atoms with Crippen LogP contribution in [0.5, 0.6) is 46.0 Å². The molecular formula is C28H20Br2O7. The lowest BCUT2D eigenvalue weighted by Gasteiger charge is -2.10. The summed E-state index contributed by atoms with van der Waals surface area (Å²) in [4.78, 5) is 12.2. The van der Waals surface area contributed by atoms with Crippen molar-refractivity contribution in [2.24, 2.45) is 0 Å². The number of ketones is 1. The molecule has 4 N–H and O–H groups in total. The number of Topliss-reactive ketones (excluding diaryl/α,β-unsaturated/α-hetero) is 1. The number of aromatic hydroxyl groups is 4. The van der Waals surface area contributed by atoms with Crippen molar-refractivity contribution in [1.82, 2.24) is 0 Å². The second-order valence-corrected chi connectivity index (χ2v) is 10.4. The largest absolute Gasteiger partial charge is 0.508 e. The number of halogens is 2. The highest BCUT2D eigenvalue weighted by molar-refractivity contribution is 9.10. The van der Waals surface area contributed by atoms with Crippen LogP contribution in [-0.4, -0.2) is 26.2 Å². The molecule has 0 atom stereocenters. The minimum atomic E-state index is -0.271. The van der Waals surface area contributed by atoms with Crippen molar-refractivity contribution in [3.8, 4) is 46.0 Å². The van der Waals surface area contributed by atoms with Crippen LogP contribution in [0.4, 0.5) is 0 Å². The molecule has 0 saturated carbocycles. The Labute approximate surface area is 228 Å². The standard InChI is InChI=1S/C14H9BrO4.C14H11BrO3/c15-8-2-1-7-3-10(17)14-11(18)5-9(16)6-13(14)19-12(7)4-8;15-9-3-1-8-2-4-11-12(17)6-10(16)7-14(11)18-13(8)5-9/h1-2,4-6,16,18H,3H2;1,3,5-7,16-17H,2,4H2. The zero-order valence-electron chi connectivity index (χ0n) is 19.2. The van der Waals surface area contributed by atoms with Gasteiger partial charge in [0, 0.05) is 50.8 Å². The molecule has 0 saturated heterocycles. The summed E-state index contributed by atoms with van der Waals surface area (Å²) in [6.07, 6.45) is 1.64. The van der Waals surface area contributed by atoms with Gasteiger partial charge in [-0.1, -0.05) is 44.0 Å². The normalized spacial score (nSPS) is 13.2. The van der Waals surface area contributed by atoms with Crippen LogP contribution >= 0.6 is 31.9 Å². The number of fused-ring (bicyclic) bond motifs is 4. The molecule has 0 unspecified atom stereocenters. The summed E-state index contributed by atoms with van der Waals surface area (Å²) in [6, 6.07) is 16.6. The molecule has 2 heterocycles. The Hall–Kier alpha value is -3.69. The average Bonchev–Trinajstić information content (AvgIpc) is 3.07. The van der Waals surface area contributed by atoms with E-state index in [1.165, 1.54) is 18.2 Å². The van der Waals surface area contributed by atoms with Crippen LogP contribution in [0.1, 0.15) is 27.0 Å². The third kappa shape index (κ3) is 5.23. The molecule has 0 spiro atoms. The zero-order valence-corrected chi connectivity index (χ0v) is 22.3. The molecule has 0 radical (unpaired) electrons. The number of phenolic OH excluding ortho intramolecular Hbond substituents is 4. The summed E-state index contributed by atoms with van der Waals surface area (Å²) in [5.74, 6) is 1.40. The fourth-order valence-electron chi connectivity index (χ4n) is 4.26. The number of hydrogen-bond donors (Lipinski definition) is 4. The molecule has 4 aromatic rings. The van der Waals surface area contributed by atoms with Gasteiger partial charge in [-0.2, -0.15) is 0 Å². The fraction of sp³-hybridized carbons (Fsp3) is 0.107. The monoisotopic (exact) mass is 626 g/mol. The first-order valence-electron chi connectivity index (χ1n) is 11.2. The van der Waals surface area contributed by atoms with E-state index in [2.05, 4.69) is 31.9 Å². The lowest BCUT2D eigenvalue weighted by Crippen LogP contribution is -2.02. The summed E-state index contributed by atoms with van der Waals surface area (Å²) in [6.45, 7) is 0. The van der Waals surface area contributed by atoms with E-state index >= 15 is 0 Å². The van der Waals surface area contributed by atoms with E-state index in [-0.39, 0.29) is 46.5 Å². The quantitative estimate of drug-likeness (QED) is 0.164. The molecule has 0 aliphatic carbocycles. The van der Waals surface area contributed by atoms with Crippen molar-refractivity contribution in [3.63, 3.8) is 0 Å². The molecule has 9 heteroatoms. The first-order valence-corrected chi connectivity index (χ1v) is 12.8. The number of rotatable bonds is 0. The first kappa shape index (κ1) is 25.0. The van der Waals surface area contributed by atoms with Gasteiger partial charge in [0.15, 0.2) is 5.78 Å². The maximum absolute atomic E-state index is 12.2. The Kier molecular flexibility index (Phi) is 6.74. The van der Waals surface area contributed by atoms with Crippen LogP contribution in [0.2, 0.25) is 0 Å². The van der Waals surface area contributed by atoms with Gasteiger partial charge in [0.1, 0.15) is 51.6 Å². The van der Waals surface area contributed by atoms with E-state index in [0.717, 1.165) is 43.9 Å². The van der Waals surface area contributed by atoms with Crippen molar-refractivity contribution >= 4 is 37.6 Å². The number of hydrogen-bond acceptors (Lipinski definition) is 7. The Morgan fingerprint density at radius 1 is 0.622 bits per heavy atom. The van der Waals surface area contributed by atoms with Crippen molar-refractivity contribution in [2.75, 3.05) is 0 Å². The van der Waals surface area contributed by atoms with Gasteiger partial charge in [-0.15, -0.1) is 0 Å². The molecule has 0 aromatic heterocycles. The molecule has 0 fully saturated rings. The molecule has 0 amide bonds. The molecule has 0 bridgehead atoms. The van der Waals surface area contributed by atoms with Crippen LogP contribution in [-0.2, 0) is 19.3 Å². The fourth-order valence-corrected chi connectivity index (χ4v) is 4.94.